The summed E-state index contributed by atoms with van der Waals surface area (Å²) in [5.41, 5.74) is 2.32. The molecule has 8 heteroatoms. The van der Waals surface area contributed by atoms with Crippen LogP contribution in [-0.2, 0) is 14.4 Å². The van der Waals surface area contributed by atoms with E-state index in [1.807, 2.05) is 11.4 Å². The van der Waals surface area contributed by atoms with Crippen LogP contribution in [0.1, 0.15) is 55.1 Å². The molecule has 1 aromatic heterocycles. The van der Waals surface area contributed by atoms with Gasteiger partial charge in [0.05, 0.1) is 17.0 Å². The maximum absolute atomic E-state index is 13.4. The van der Waals surface area contributed by atoms with Crippen molar-refractivity contribution >= 4 is 46.3 Å². The average Bonchev–Trinajstić information content (AvgIpc) is 3.44. The van der Waals surface area contributed by atoms with Gasteiger partial charge in [-0.25, -0.2) is 4.90 Å². The van der Waals surface area contributed by atoms with Crippen LogP contribution in [0.4, 0.5) is 11.4 Å². The van der Waals surface area contributed by atoms with Crippen LogP contribution in [0.5, 0.6) is 0 Å². The number of carbonyl (C=O) groups excluding carboxylic acids is 4. The molecule has 1 N–H and O–H groups in total. The number of amides is 4. The normalized spacial score (nSPS) is 18.3. The van der Waals surface area contributed by atoms with Gasteiger partial charge in [-0.15, -0.1) is 11.3 Å². The van der Waals surface area contributed by atoms with E-state index in [-0.39, 0.29) is 24.1 Å². The van der Waals surface area contributed by atoms with Crippen LogP contribution in [0.15, 0.2) is 53.4 Å². The molecule has 1 unspecified atom stereocenters. The number of allylic oxidation sites excluding steroid dienone is 1. The van der Waals surface area contributed by atoms with E-state index in [0.29, 0.717) is 29.2 Å². The van der Waals surface area contributed by atoms with Crippen LogP contribution < -0.4 is 10.2 Å². The van der Waals surface area contributed by atoms with E-state index in [1.54, 1.807) is 35.2 Å². The minimum Gasteiger partial charge on any atom is -0.326 e. The van der Waals surface area contributed by atoms with E-state index in [4.69, 9.17) is 0 Å². The zero-order chi connectivity index (χ0) is 23.4. The summed E-state index contributed by atoms with van der Waals surface area (Å²) in [7, 11) is 0. The van der Waals surface area contributed by atoms with Crippen molar-refractivity contribution in [1.29, 1.82) is 0 Å². The first-order chi connectivity index (χ1) is 15.9. The van der Waals surface area contributed by atoms with Crippen molar-refractivity contribution in [3.05, 3.63) is 58.3 Å². The van der Waals surface area contributed by atoms with Gasteiger partial charge in [0.1, 0.15) is 6.04 Å². The summed E-state index contributed by atoms with van der Waals surface area (Å²) in [6.45, 7) is 1.82. The number of rotatable bonds is 7. The smallest absolute Gasteiger partial charge is 0.264 e. The number of hydrogen-bond donors (Lipinski definition) is 1. The van der Waals surface area contributed by atoms with Gasteiger partial charge in [0, 0.05) is 19.2 Å². The molecular weight excluding hydrogens is 438 g/mol. The zero-order valence-electron chi connectivity index (χ0n) is 18.6. The second kappa shape index (κ2) is 10.1. The van der Waals surface area contributed by atoms with E-state index in [0.717, 1.165) is 24.2 Å². The third-order valence-corrected chi connectivity index (χ3v) is 6.85. The van der Waals surface area contributed by atoms with Crippen molar-refractivity contribution in [3.63, 3.8) is 0 Å². The van der Waals surface area contributed by atoms with Crippen LogP contribution in [-0.4, -0.2) is 41.1 Å². The summed E-state index contributed by atoms with van der Waals surface area (Å²) in [5.74, 6) is -1.14. The zero-order valence-corrected chi connectivity index (χ0v) is 19.4. The van der Waals surface area contributed by atoms with Crippen molar-refractivity contribution in [2.75, 3.05) is 16.8 Å². The number of nitrogens with one attached hydrogen (secondary N) is 1. The molecule has 1 aliphatic carbocycles. The Labute approximate surface area is 197 Å². The molecule has 0 bridgehead atoms. The molecule has 0 spiro atoms. The fraction of sp³-hybridized carbons (Fsp3) is 0.360. The highest BCUT2D eigenvalue weighted by Gasteiger charge is 2.44. The molecule has 2 aromatic rings. The lowest BCUT2D eigenvalue weighted by Crippen LogP contribution is -2.46. The third-order valence-electron chi connectivity index (χ3n) is 6.00. The number of benzene rings is 1. The minimum absolute atomic E-state index is 0.0392. The SMILES string of the molecule is CC(=O)Nc1ccc(N2C(=O)CC(N(CCC3=CCCCC3)C(=O)c3cccs3)C2=O)cc1. The van der Waals surface area contributed by atoms with E-state index in [2.05, 4.69) is 11.4 Å². The summed E-state index contributed by atoms with van der Waals surface area (Å²) in [6, 6.07) is 9.28. The van der Waals surface area contributed by atoms with Crippen LogP contribution in [0.25, 0.3) is 0 Å². The molecule has 7 nitrogen and oxygen atoms in total. The predicted octanol–water partition coefficient (Wildman–Crippen LogP) is 4.37. The minimum atomic E-state index is -0.827. The lowest BCUT2D eigenvalue weighted by Gasteiger charge is -2.28. The highest BCUT2D eigenvalue weighted by atomic mass is 32.1. The first-order valence-electron chi connectivity index (χ1n) is 11.2. The molecule has 1 aliphatic heterocycles. The maximum Gasteiger partial charge on any atom is 0.264 e. The van der Waals surface area contributed by atoms with Crippen molar-refractivity contribution in [2.24, 2.45) is 0 Å². The van der Waals surface area contributed by atoms with E-state index in [9.17, 15) is 19.2 Å². The van der Waals surface area contributed by atoms with Gasteiger partial charge < -0.3 is 10.2 Å². The number of anilines is 2. The molecular formula is C25H27N3O4S. The molecule has 4 amide bonds. The number of thiophene rings is 1. The largest absolute Gasteiger partial charge is 0.326 e. The van der Waals surface area contributed by atoms with Gasteiger partial charge in [-0.05, 0) is 67.8 Å². The van der Waals surface area contributed by atoms with Gasteiger partial charge in [-0.3, -0.25) is 19.2 Å². The molecule has 0 saturated carbocycles. The van der Waals surface area contributed by atoms with Gasteiger partial charge in [-0.2, -0.15) is 0 Å². The average molecular weight is 466 g/mol. The molecule has 0 radical (unpaired) electrons. The quantitative estimate of drug-likeness (QED) is 0.486. The summed E-state index contributed by atoms with van der Waals surface area (Å²) >= 11 is 1.34. The summed E-state index contributed by atoms with van der Waals surface area (Å²) in [6.07, 6.45) is 7.31. The number of nitrogens with zero attached hydrogens (tertiary/aromatic N) is 2. The number of carbonyl (C=O) groups is 4. The molecule has 1 fully saturated rings. The Morgan fingerprint density at radius 2 is 1.94 bits per heavy atom. The molecule has 1 atom stereocenters. The maximum atomic E-state index is 13.4. The second-order valence-corrected chi connectivity index (χ2v) is 9.30. The van der Waals surface area contributed by atoms with Crippen LogP contribution in [0.3, 0.4) is 0 Å². The molecule has 1 saturated heterocycles. The first kappa shape index (κ1) is 22.9. The highest BCUT2D eigenvalue weighted by molar-refractivity contribution is 7.12. The van der Waals surface area contributed by atoms with Gasteiger partial charge in [0.2, 0.25) is 11.8 Å². The Hall–Kier alpha value is -3.26. The fourth-order valence-electron chi connectivity index (χ4n) is 4.36. The lowest BCUT2D eigenvalue weighted by molar-refractivity contribution is -0.122. The first-order valence-corrected chi connectivity index (χ1v) is 12.1. The van der Waals surface area contributed by atoms with Crippen LogP contribution in [0.2, 0.25) is 0 Å². The summed E-state index contributed by atoms with van der Waals surface area (Å²) in [5, 5.41) is 4.50. The second-order valence-electron chi connectivity index (χ2n) is 8.35. The lowest BCUT2D eigenvalue weighted by atomic mass is 9.97. The molecule has 2 heterocycles. The highest BCUT2D eigenvalue weighted by Crippen LogP contribution is 2.29. The number of hydrogen-bond acceptors (Lipinski definition) is 5. The monoisotopic (exact) mass is 465 g/mol. The van der Waals surface area contributed by atoms with E-state index in [1.165, 1.54) is 30.3 Å². The van der Waals surface area contributed by atoms with Crippen molar-refractivity contribution < 1.29 is 19.2 Å². The summed E-state index contributed by atoms with van der Waals surface area (Å²) in [4.78, 5) is 54.1. The third kappa shape index (κ3) is 5.22. The Morgan fingerprint density at radius 1 is 1.15 bits per heavy atom. The Morgan fingerprint density at radius 3 is 2.58 bits per heavy atom. The fourth-order valence-corrected chi connectivity index (χ4v) is 5.04. The van der Waals surface area contributed by atoms with Crippen LogP contribution >= 0.6 is 11.3 Å². The number of imide groups is 1. The van der Waals surface area contributed by atoms with E-state index >= 15 is 0 Å². The molecule has 33 heavy (non-hydrogen) atoms. The van der Waals surface area contributed by atoms with Crippen molar-refractivity contribution in [2.45, 2.75) is 51.5 Å². The van der Waals surface area contributed by atoms with Gasteiger partial charge in [0.25, 0.3) is 11.8 Å². The predicted molar refractivity (Wildman–Crippen MR) is 128 cm³/mol. The Balaban J connectivity index is 1.55. The Kier molecular flexibility index (Phi) is 7.03. The van der Waals surface area contributed by atoms with E-state index < -0.39 is 11.9 Å². The topological polar surface area (TPSA) is 86.8 Å². The van der Waals surface area contributed by atoms with Crippen molar-refractivity contribution in [1.82, 2.24) is 4.90 Å². The van der Waals surface area contributed by atoms with Gasteiger partial charge >= 0.3 is 0 Å². The van der Waals surface area contributed by atoms with Gasteiger partial charge in [0.15, 0.2) is 0 Å². The van der Waals surface area contributed by atoms with Crippen LogP contribution in [0, 0.1) is 0 Å². The van der Waals surface area contributed by atoms with Gasteiger partial charge in [-0.1, -0.05) is 17.7 Å². The molecule has 172 valence electrons. The molecule has 4 rings (SSSR count). The standard InChI is InChI=1S/C25H27N3O4S/c1-17(29)26-19-9-11-20(12-10-19)28-23(30)16-21(24(28)31)27(25(32)22-8-5-15-33-22)14-13-18-6-3-2-4-7-18/h5-6,8-12,15,21H,2-4,7,13-14,16H2,1H3,(H,26,29). The van der Waals surface area contributed by atoms with Crippen molar-refractivity contribution in [3.8, 4) is 0 Å². The summed E-state index contributed by atoms with van der Waals surface area (Å²) < 4.78 is 0. The molecule has 2 aliphatic rings. The molecule has 1 aromatic carbocycles. The Bertz CT molecular complexity index is 1080.